The van der Waals surface area contributed by atoms with Crippen LogP contribution in [0.4, 0.5) is 0 Å². The summed E-state index contributed by atoms with van der Waals surface area (Å²) in [6.45, 7) is 2.72. The van der Waals surface area contributed by atoms with Gasteiger partial charge in [0, 0.05) is 0 Å². The van der Waals surface area contributed by atoms with Crippen LogP contribution in [0.2, 0.25) is 0 Å². The van der Waals surface area contributed by atoms with Crippen LogP contribution in [0.1, 0.15) is 29.6 Å². The molecule has 1 aromatic rings. The fourth-order valence-corrected chi connectivity index (χ4v) is 1.96. The first-order valence-electron chi connectivity index (χ1n) is 8.42. The van der Waals surface area contributed by atoms with Crippen molar-refractivity contribution in [3.63, 3.8) is 0 Å². The molecule has 0 radical (unpaired) electrons. The number of esters is 1. The van der Waals surface area contributed by atoms with Gasteiger partial charge in [0.05, 0.1) is 32.5 Å². The van der Waals surface area contributed by atoms with Crippen LogP contribution in [0.3, 0.4) is 0 Å². The van der Waals surface area contributed by atoms with Gasteiger partial charge in [-0.3, -0.25) is 0 Å². The summed E-state index contributed by atoms with van der Waals surface area (Å²) in [5.74, 6) is 0.781. The van der Waals surface area contributed by atoms with Crippen LogP contribution < -0.4 is 31.4 Å². The minimum Gasteiger partial charge on any atom is -0.489 e. The minimum absolute atomic E-state index is 0.319. The summed E-state index contributed by atoms with van der Waals surface area (Å²) in [6.07, 6.45) is 2.03. The molecule has 1 rings (SSSR count). The maximum atomic E-state index is 11.9. The smallest absolute Gasteiger partial charge is 0.338 e. The number of benzene rings is 1. The zero-order chi connectivity index (χ0) is 18.5. The number of hydrogen-bond acceptors (Lipinski definition) is 8. The zero-order valence-electron chi connectivity index (χ0n) is 14.8. The van der Waals surface area contributed by atoms with Crippen molar-refractivity contribution in [3.8, 4) is 17.2 Å². The first-order chi connectivity index (χ1) is 12.2. The molecule has 8 nitrogen and oxygen atoms in total. The Labute approximate surface area is 148 Å². The third-order valence-corrected chi connectivity index (χ3v) is 3.25. The van der Waals surface area contributed by atoms with E-state index in [0.717, 1.165) is 0 Å². The van der Waals surface area contributed by atoms with Gasteiger partial charge >= 0.3 is 5.97 Å². The summed E-state index contributed by atoms with van der Waals surface area (Å²) in [5, 5.41) is 0. The average Bonchev–Trinajstić information content (AvgIpc) is 2.63. The molecule has 0 aliphatic carbocycles. The van der Waals surface area contributed by atoms with E-state index in [1.165, 1.54) is 7.11 Å². The lowest BCUT2D eigenvalue weighted by Gasteiger charge is -2.18. The minimum atomic E-state index is -0.485. The fourth-order valence-electron chi connectivity index (χ4n) is 1.96. The van der Waals surface area contributed by atoms with Crippen molar-refractivity contribution in [3.05, 3.63) is 17.7 Å². The summed E-state index contributed by atoms with van der Waals surface area (Å²) in [5.41, 5.74) is 16.8. The highest BCUT2D eigenvalue weighted by molar-refractivity contribution is 5.91. The van der Waals surface area contributed by atoms with Crippen LogP contribution >= 0.6 is 0 Å². The fraction of sp³-hybridized carbons (Fsp3) is 0.588. The molecule has 0 saturated heterocycles. The molecule has 0 fully saturated rings. The molecule has 1 aromatic carbocycles. The lowest BCUT2D eigenvalue weighted by molar-refractivity contribution is 0.0599. The van der Waals surface area contributed by atoms with E-state index in [-0.39, 0.29) is 0 Å². The number of carbonyl (C=O) groups is 1. The normalized spacial score (nSPS) is 10.4. The predicted octanol–water partition coefficient (Wildman–Crippen LogP) is 0.656. The monoisotopic (exact) mass is 355 g/mol. The predicted molar refractivity (Wildman–Crippen MR) is 95.3 cm³/mol. The number of nitrogens with two attached hydrogens (primary N) is 3. The van der Waals surface area contributed by atoms with E-state index < -0.39 is 5.97 Å². The van der Waals surface area contributed by atoms with Crippen molar-refractivity contribution in [2.24, 2.45) is 17.2 Å². The van der Waals surface area contributed by atoms with Gasteiger partial charge in [0.15, 0.2) is 11.5 Å². The second-order valence-electron chi connectivity index (χ2n) is 5.27. The second-order valence-corrected chi connectivity index (χ2v) is 5.27. The highest BCUT2D eigenvalue weighted by atomic mass is 16.5. The number of methoxy groups -OCH3 is 1. The summed E-state index contributed by atoms with van der Waals surface area (Å²) in [4.78, 5) is 11.9. The van der Waals surface area contributed by atoms with E-state index in [9.17, 15) is 4.79 Å². The van der Waals surface area contributed by atoms with Gasteiger partial charge in [-0.2, -0.15) is 0 Å². The van der Waals surface area contributed by atoms with E-state index in [0.29, 0.717) is 81.5 Å². The third-order valence-electron chi connectivity index (χ3n) is 3.25. The SMILES string of the molecule is COC(=O)c1cc(OCCCN)c(OCCCN)c(OCCCN)c1. The van der Waals surface area contributed by atoms with E-state index in [4.69, 9.17) is 36.1 Å². The molecule has 0 atom stereocenters. The Morgan fingerprint density at radius 1 is 0.840 bits per heavy atom. The van der Waals surface area contributed by atoms with Crippen LogP contribution in [0.15, 0.2) is 12.1 Å². The Bertz CT molecular complexity index is 494. The van der Waals surface area contributed by atoms with Crippen LogP contribution in [0, 0.1) is 0 Å². The van der Waals surface area contributed by atoms with Crippen LogP contribution in [0.25, 0.3) is 0 Å². The quantitative estimate of drug-likeness (QED) is 0.347. The van der Waals surface area contributed by atoms with Crippen molar-refractivity contribution in [2.75, 3.05) is 46.6 Å². The molecule has 0 heterocycles. The van der Waals surface area contributed by atoms with Crippen molar-refractivity contribution in [2.45, 2.75) is 19.3 Å². The Morgan fingerprint density at radius 2 is 1.28 bits per heavy atom. The molecular formula is C17H29N3O5. The van der Waals surface area contributed by atoms with E-state index >= 15 is 0 Å². The summed E-state index contributed by atoms with van der Waals surface area (Å²) in [6, 6.07) is 3.16. The first kappa shape index (κ1) is 21.0. The topological polar surface area (TPSA) is 132 Å². The van der Waals surface area contributed by atoms with Crippen LogP contribution in [-0.4, -0.2) is 52.5 Å². The Hall–Kier alpha value is -2.03. The second kappa shape index (κ2) is 12.3. The number of rotatable bonds is 13. The van der Waals surface area contributed by atoms with Gasteiger partial charge in [-0.15, -0.1) is 0 Å². The molecule has 0 aliphatic rings. The molecule has 0 spiro atoms. The summed E-state index contributed by atoms with van der Waals surface area (Å²) in [7, 11) is 1.32. The number of hydrogen-bond donors (Lipinski definition) is 3. The van der Waals surface area contributed by atoms with Crippen LogP contribution in [-0.2, 0) is 4.74 Å². The molecule has 142 valence electrons. The van der Waals surface area contributed by atoms with E-state index in [1.54, 1.807) is 12.1 Å². The average molecular weight is 355 g/mol. The molecule has 6 N–H and O–H groups in total. The van der Waals surface area contributed by atoms with Gasteiger partial charge in [-0.1, -0.05) is 0 Å². The van der Waals surface area contributed by atoms with Crippen molar-refractivity contribution >= 4 is 5.97 Å². The molecule has 0 bridgehead atoms. The van der Waals surface area contributed by atoms with Crippen LogP contribution in [0.5, 0.6) is 17.2 Å². The van der Waals surface area contributed by atoms with E-state index in [1.807, 2.05) is 0 Å². The first-order valence-corrected chi connectivity index (χ1v) is 8.42. The van der Waals surface area contributed by atoms with Gasteiger partial charge in [-0.05, 0) is 51.0 Å². The lowest BCUT2D eigenvalue weighted by Crippen LogP contribution is -2.12. The van der Waals surface area contributed by atoms with Crippen molar-refractivity contribution < 1.29 is 23.7 Å². The maximum Gasteiger partial charge on any atom is 0.338 e. The standard InChI is InChI=1S/C17H29N3O5/c1-22-17(21)13-11-14(23-8-2-5-18)16(25-10-4-7-20)15(12-13)24-9-3-6-19/h11-12H,2-10,18-20H2,1H3. The summed E-state index contributed by atoms with van der Waals surface area (Å²) >= 11 is 0. The summed E-state index contributed by atoms with van der Waals surface area (Å²) < 4.78 is 22.1. The van der Waals surface area contributed by atoms with Crippen molar-refractivity contribution in [1.82, 2.24) is 0 Å². The molecule has 0 saturated carbocycles. The highest BCUT2D eigenvalue weighted by Gasteiger charge is 2.19. The molecule has 0 amide bonds. The molecule has 25 heavy (non-hydrogen) atoms. The van der Waals surface area contributed by atoms with Crippen molar-refractivity contribution in [1.29, 1.82) is 0 Å². The van der Waals surface area contributed by atoms with Gasteiger partial charge < -0.3 is 36.1 Å². The molecule has 0 aliphatic heterocycles. The lowest BCUT2D eigenvalue weighted by atomic mass is 10.2. The van der Waals surface area contributed by atoms with E-state index in [2.05, 4.69) is 0 Å². The Kier molecular flexibility index (Phi) is 10.4. The molecule has 8 heteroatoms. The molecular weight excluding hydrogens is 326 g/mol. The van der Waals surface area contributed by atoms with Gasteiger partial charge in [0.1, 0.15) is 0 Å². The largest absolute Gasteiger partial charge is 0.489 e. The maximum absolute atomic E-state index is 11.9. The highest BCUT2D eigenvalue weighted by Crippen LogP contribution is 2.39. The van der Waals surface area contributed by atoms with Gasteiger partial charge in [0.2, 0.25) is 5.75 Å². The number of ether oxygens (including phenoxy) is 4. The Balaban J connectivity index is 3.14. The van der Waals surface area contributed by atoms with Gasteiger partial charge in [0.25, 0.3) is 0 Å². The zero-order valence-corrected chi connectivity index (χ0v) is 14.8. The molecule has 0 aromatic heterocycles. The number of carbonyl (C=O) groups excluding carboxylic acids is 1. The molecule has 0 unspecified atom stereocenters. The third kappa shape index (κ3) is 7.16. The Morgan fingerprint density at radius 3 is 1.68 bits per heavy atom. The van der Waals surface area contributed by atoms with Gasteiger partial charge in [-0.25, -0.2) is 4.79 Å².